The molecule has 2 aromatic heterocycles. The molecule has 2 aromatic rings. The predicted octanol–water partition coefficient (Wildman–Crippen LogP) is 3.48. The van der Waals surface area contributed by atoms with E-state index in [1.807, 2.05) is 30.7 Å². The van der Waals surface area contributed by atoms with Crippen molar-refractivity contribution in [1.82, 2.24) is 10.3 Å². The second-order valence-electron chi connectivity index (χ2n) is 3.86. The van der Waals surface area contributed by atoms with Crippen LogP contribution in [0.25, 0.3) is 0 Å². The fourth-order valence-electron chi connectivity index (χ4n) is 1.65. The van der Waals surface area contributed by atoms with Crippen LogP contribution in [-0.2, 0) is 6.42 Å². The van der Waals surface area contributed by atoms with Crippen LogP contribution in [0.15, 0.2) is 21.9 Å². The third kappa shape index (κ3) is 3.20. The summed E-state index contributed by atoms with van der Waals surface area (Å²) in [5, 5.41) is 13.9. The van der Waals surface area contributed by atoms with Gasteiger partial charge in [-0.05, 0) is 24.1 Å². The smallest absolute Gasteiger partial charge is 0.264 e. The minimum Gasteiger partial charge on any atom is -0.331 e. The van der Waals surface area contributed by atoms with E-state index in [9.17, 15) is 10.1 Å². The van der Waals surface area contributed by atoms with Gasteiger partial charge in [-0.2, -0.15) is 5.26 Å². The summed E-state index contributed by atoms with van der Waals surface area (Å²) in [6.07, 6.45) is 2.64. The Morgan fingerprint density at radius 3 is 3.00 bits per heavy atom. The first-order valence-corrected chi connectivity index (χ1v) is 8.89. The fourth-order valence-corrected chi connectivity index (χ4v) is 3.95. The Morgan fingerprint density at radius 2 is 2.45 bits per heavy atom. The molecule has 0 aliphatic heterocycles. The highest BCUT2D eigenvalue weighted by Crippen LogP contribution is 2.27. The number of nitrogens with zero attached hydrogens (tertiary/aromatic N) is 2. The second-order valence-corrected chi connectivity index (χ2v) is 6.90. The predicted molar refractivity (Wildman–Crippen MR) is 83.4 cm³/mol. The van der Waals surface area contributed by atoms with E-state index >= 15 is 0 Å². The van der Waals surface area contributed by atoms with Gasteiger partial charge in [-0.3, -0.25) is 4.79 Å². The minimum atomic E-state index is -0.605. The Hall–Kier alpha value is -1.36. The number of hydrogen-bond donors (Lipinski definition) is 1. The number of carbonyl (C=O) groups excluding carboxylic acids is 1. The molecule has 1 N–H and O–H groups in total. The molecule has 1 unspecified atom stereocenters. The molecule has 0 aliphatic rings. The van der Waals surface area contributed by atoms with E-state index in [1.54, 1.807) is 0 Å². The van der Waals surface area contributed by atoms with Gasteiger partial charge in [0.2, 0.25) is 0 Å². The van der Waals surface area contributed by atoms with Crippen molar-refractivity contribution in [2.45, 2.75) is 23.7 Å². The van der Waals surface area contributed by atoms with Gasteiger partial charge in [0.1, 0.15) is 4.88 Å². The number of hydrogen-bond acceptors (Lipinski definition) is 6. The largest absolute Gasteiger partial charge is 0.331 e. The van der Waals surface area contributed by atoms with E-state index in [2.05, 4.69) is 16.4 Å². The Labute approximate surface area is 129 Å². The zero-order chi connectivity index (χ0) is 14.5. The summed E-state index contributed by atoms with van der Waals surface area (Å²) >= 11 is 4.36. The first-order chi connectivity index (χ1) is 9.69. The number of thiazole rings is 1. The Kier molecular flexibility index (Phi) is 5.17. The molecule has 0 aromatic carbocycles. The Morgan fingerprint density at radius 1 is 1.65 bits per heavy atom. The van der Waals surface area contributed by atoms with Crippen LogP contribution in [0.2, 0.25) is 0 Å². The number of nitriles is 1. The molecule has 1 amide bonds. The van der Waals surface area contributed by atoms with Gasteiger partial charge in [-0.1, -0.05) is 24.8 Å². The van der Waals surface area contributed by atoms with E-state index in [0.29, 0.717) is 11.3 Å². The average molecular weight is 323 g/mol. The third-order valence-electron chi connectivity index (χ3n) is 2.63. The SMILES string of the molecule is CCc1nc(SC)sc1C(=O)NC(C#N)c1cccs1. The number of rotatable bonds is 5. The summed E-state index contributed by atoms with van der Waals surface area (Å²) in [4.78, 5) is 18.2. The van der Waals surface area contributed by atoms with Crippen molar-refractivity contribution in [2.75, 3.05) is 6.26 Å². The molecule has 4 nitrogen and oxygen atoms in total. The van der Waals surface area contributed by atoms with Gasteiger partial charge in [0.25, 0.3) is 5.91 Å². The number of nitrogens with one attached hydrogen (secondary N) is 1. The zero-order valence-corrected chi connectivity index (χ0v) is 13.5. The van der Waals surface area contributed by atoms with Gasteiger partial charge in [-0.15, -0.1) is 22.7 Å². The van der Waals surface area contributed by atoms with Gasteiger partial charge < -0.3 is 5.32 Å². The lowest BCUT2D eigenvalue weighted by Crippen LogP contribution is -2.27. The maximum Gasteiger partial charge on any atom is 0.264 e. The van der Waals surface area contributed by atoms with Crippen molar-refractivity contribution in [3.05, 3.63) is 33.0 Å². The normalized spacial score (nSPS) is 11.8. The third-order valence-corrected chi connectivity index (χ3v) is 5.64. The van der Waals surface area contributed by atoms with Crippen LogP contribution in [-0.4, -0.2) is 17.1 Å². The van der Waals surface area contributed by atoms with E-state index in [-0.39, 0.29) is 5.91 Å². The van der Waals surface area contributed by atoms with Crippen molar-refractivity contribution in [2.24, 2.45) is 0 Å². The zero-order valence-electron chi connectivity index (χ0n) is 11.0. The Bertz CT molecular complexity index is 628. The highest BCUT2D eigenvalue weighted by atomic mass is 32.2. The molecule has 2 heterocycles. The molecule has 2 rings (SSSR count). The summed E-state index contributed by atoms with van der Waals surface area (Å²) < 4.78 is 0.872. The van der Waals surface area contributed by atoms with Crippen molar-refractivity contribution in [1.29, 1.82) is 5.26 Å². The number of carbonyl (C=O) groups is 1. The van der Waals surface area contributed by atoms with Crippen LogP contribution >= 0.6 is 34.4 Å². The minimum absolute atomic E-state index is 0.223. The molecule has 0 radical (unpaired) electrons. The van der Waals surface area contributed by atoms with Crippen LogP contribution in [0.1, 0.15) is 33.2 Å². The second kappa shape index (κ2) is 6.88. The molecule has 20 heavy (non-hydrogen) atoms. The highest BCUT2D eigenvalue weighted by Gasteiger charge is 2.21. The summed E-state index contributed by atoms with van der Waals surface area (Å²) in [6, 6.07) is 5.23. The van der Waals surface area contributed by atoms with Gasteiger partial charge >= 0.3 is 0 Å². The van der Waals surface area contributed by atoms with Crippen molar-refractivity contribution >= 4 is 40.3 Å². The van der Waals surface area contributed by atoms with E-state index in [0.717, 1.165) is 14.9 Å². The highest BCUT2D eigenvalue weighted by molar-refractivity contribution is 8.00. The van der Waals surface area contributed by atoms with Gasteiger partial charge in [0, 0.05) is 4.88 Å². The van der Waals surface area contributed by atoms with Crippen LogP contribution in [0.3, 0.4) is 0 Å². The summed E-state index contributed by atoms with van der Waals surface area (Å²) in [5.74, 6) is -0.223. The van der Waals surface area contributed by atoms with E-state index < -0.39 is 6.04 Å². The molecule has 0 aliphatic carbocycles. The lowest BCUT2D eigenvalue weighted by atomic mass is 10.2. The fraction of sp³-hybridized carbons (Fsp3) is 0.308. The molecular weight excluding hydrogens is 310 g/mol. The van der Waals surface area contributed by atoms with E-state index in [1.165, 1.54) is 34.4 Å². The Balaban J connectivity index is 2.19. The van der Waals surface area contributed by atoms with Crippen molar-refractivity contribution < 1.29 is 4.79 Å². The molecule has 7 heteroatoms. The number of amides is 1. The number of thiophene rings is 1. The number of aryl methyl sites for hydroxylation is 1. The molecule has 0 saturated carbocycles. The molecule has 0 spiro atoms. The maximum absolute atomic E-state index is 12.3. The summed E-state index contributed by atoms with van der Waals surface area (Å²) in [5.41, 5.74) is 0.791. The van der Waals surface area contributed by atoms with Crippen molar-refractivity contribution in [3.8, 4) is 6.07 Å². The quantitative estimate of drug-likeness (QED) is 0.856. The first-order valence-electron chi connectivity index (χ1n) is 5.97. The average Bonchev–Trinajstić information content (AvgIpc) is 3.12. The molecule has 0 saturated heterocycles. The van der Waals surface area contributed by atoms with Gasteiger partial charge in [0.05, 0.1) is 11.8 Å². The van der Waals surface area contributed by atoms with Crippen LogP contribution in [0, 0.1) is 11.3 Å². The first kappa shape index (κ1) is 15.0. The standard InChI is InChI=1S/C13H13N3OS3/c1-3-8-11(20-13(16-8)18-2)12(17)15-9(7-14)10-5-4-6-19-10/h4-6,9H,3H2,1-2H3,(H,15,17). The van der Waals surface area contributed by atoms with Crippen molar-refractivity contribution in [3.63, 3.8) is 0 Å². The molecular formula is C13H13N3OS3. The lowest BCUT2D eigenvalue weighted by molar-refractivity contribution is 0.0948. The molecule has 0 fully saturated rings. The molecule has 104 valence electrons. The monoisotopic (exact) mass is 323 g/mol. The number of aromatic nitrogens is 1. The van der Waals surface area contributed by atoms with Crippen LogP contribution < -0.4 is 5.32 Å². The van der Waals surface area contributed by atoms with Gasteiger partial charge in [-0.25, -0.2) is 4.98 Å². The summed E-state index contributed by atoms with van der Waals surface area (Å²) in [6.45, 7) is 1.97. The lowest BCUT2D eigenvalue weighted by Gasteiger charge is -2.09. The topological polar surface area (TPSA) is 65.8 Å². The van der Waals surface area contributed by atoms with Crippen LogP contribution in [0.4, 0.5) is 0 Å². The molecule has 0 bridgehead atoms. The number of thioether (sulfide) groups is 1. The van der Waals surface area contributed by atoms with Gasteiger partial charge in [0.15, 0.2) is 10.4 Å². The van der Waals surface area contributed by atoms with E-state index in [4.69, 9.17) is 0 Å². The molecule has 1 atom stereocenters. The summed E-state index contributed by atoms with van der Waals surface area (Å²) in [7, 11) is 0. The maximum atomic E-state index is 12.3. The van der Waals surface area contributed by atoms with Crippen LogP contribution in [0.5, 0.6) is 0 Å².